The van der Waals surface area contributed by atoms with Gasteiger partial charge in [-0.1, -0.05) is 18.2 Å². The predicted molar refractivity (Wildman–Crippen MR) is 132 cm³/mol. The zero-order valence-electron chi connectivity index (χ0n) is 20.9. The molecule has 2 aromatic carbocycles. The summed E-state index contributed by atoms with van der Waals surface area (Å²) in [5.41, 5.74) is 1.09. The van der Waals surface area contributed by atoms with Crippen molar-refractivity contribution in [2.45, 2.75) is 51.4 Å². The maximum atomic E-state index is 13.3. The molecule has 5 rings (SSSR count). The lowest BCUT2D eigenvalue weighted by atomic mass is 9.70. The van der Waals surface area contributed by atoms with Gasteiger partial charge in [0.2, 0.25) is 0 Å². The van der Waals surface area contributed by atoms with Crippen molar-refractivity contribution in [1.29, 1.82) is 0 Å². The SMILES string of the molecule is CCOc1cccc2c1OC(C)(C)[C@@H]1C[C@@H]3CN(C(=O)c4cccc(OCC(=O)O)c4)CC[C@H]3O[C@@H]21. The van der Waals surface area contributed by atoms with E-state index < -0.39 is 18.2 Å². The second kappa shape index (κ2) is 9.65. The molecule has 0 aliphatic carbocycles. The van der Waals surface area contributed by atoms with Gasteiger partial charge < -0.3 is 29.0 Å². The van der Waals surface area contributed by atoms with Gasteiger partial charge in [-0.05, 0) is 57.9 Å². The Morgan fingerprint density at radius 2 is 1.97 bits per heavy atom. The monoisotopic (exact) mass is 495 g/mol. The number of carboxylic acids is 1. The molecule has 8 nitrogen and oxygen atoms in total. The number of hydrogen-bond acceptors (Lipinski definition) is 6. The second-order valence-corrected chi connectivity index (χ2v) is 10.3. The van der Waals surface area contributed by atoms with Crippen LogP contribution in [-0.4, -0.2) is 59.9 Å². The first kappa shape index (κ1) is 24.4. The topological polar surface area (TPSA) is 94.5 Å². The Kier molecular flexibility index (Phi) is 6.55. The van der Waals surface area contributed by atoms with Crippen molar-refractivity contribution in [2.24, 2.45) is 11.8 Å². The number of carbonyl (C=O) groups excluding carboxylic acids is 1. The summed E-state index contributed by atoms with van der Waals surface area (Å²) in [6.07, 6.45) is 1.65. The fraction of sp³-hybridized carbons (Fsp3) is 0.500. The molecule has 0 spiro atoms. The molecule has 36 heavy (non-hydrogen) atoms. The smallest absolute Gasteiger partial charge is 0.341 e. The molecule has 3 heterocycles. The molecular weight excluding hydrogens is 462 g/mol. The summed E-state index contributed by atoms with van der Waals surface area (Å²) >= 11 is 0. The first-order valence-corrected chi connectivity index (χ1v) is 12.6. The molecule has 0 unspecified atom stereocenters. The summed E-state index contributed by atoms with van der Waals surface area (Å²) in [4.78, 5) is 26.0. The highest BCUT2D eigenvalue weighted by Gasteiger charge is 2.52. The summed E-state index contributed by atoms with van der Waals surface area (Å²) in [5.74, 6) is 1.11. The summed E-state index contributed by atoms with van der Waals surface area (Å²) < 4.78 is 24.3. The molecule has 192 valence electrons. The lowest BCUT2D eigenvalue weighted by molar-refractivity contribution is -0.184. The van der Waals surface area contributed by atoms with Crippen LogP contribution >= 0.6 is 0 Å². The van der Waals surface area contributed by atoms with E-state index in [1.807, 2.05) is 24.0 Å². The average molecular weight is 496 g/mol. The van der Waals surface area contributed by atoms with E-state index in [0.29, 0.717) is 31.0 Å². The molecular formula is C28H33NO7. The lowest BCUT2D eigenvalue weighted by Gasteiger charge is -2.53. The van der Waals surface area contributed by atoms with Crippen LogP contribution in [0.5, 0.6) is 17.2 Å². The van der Waals surface area contributed by atoms with Gasteiger partial charge in [-0.3, -0.25) is 4.79 Å². The van der Waals surface area contributed by atoms with Gasteiger partial charge in [0, 0.05) is 36.1 Å². The van der Waals surface area contributed by atoms with Crippen LogP contribution in [0.1, 0.15) is 55.6 Å². The van der Waals surface area contributed by atoms with Crippen molar-refractivity contribution in [1.82, 2.24) is 4.90 Å². The quantitative estimate of drug-likeness (QED) is 0.638. The molecule has 2 aromatic rings. The van der Waals surface area contributed by atoms with E-state index in [4.69, 9.17) is 24.1 Å². The minimum absolute atomic E-state index is 0.0676. The van der Waals surface area contributed by atoms with Crippen LogP contribution in [0.15, 0.2) is 42.5 Å². The maximum Gasteiger partial charge on any atom is 0.341 e. The Morgan fingerprint density at radius 1 is 1.17 bits per heavy atom. The minimum atomic E-state index is -1.06. The molecule has 2 saturated heterocycles. The number of rotatable bonds is 6. The van der Waals surface area contributed by atoms with Crippen LogP contribution in [0.25, 0.3) is 0 Å². The molecule has 2 fully saturated rings. The number of ether oxygens (including phenoxy) is 4. The zero-order chi connectivity index (χ0) is 25.4. The number of hydrogen-bond donors (Lipinski definition) is 1. The summed E-state index contributed by atoms with van der Waals surface area (Å²) in [6, 6.07) is 12.7. The van der Waals surface area contributed by atoms with E-state index in [-0.39, 0.29) is 30.0 Å². The van der Waals surface area contributed by atoms with Crippen LogP contribution < -0.4 is 14.2 Å². The van der Waals surface area contributed by atoms with Gasteiger partial charge in [-0.15, -0.1) is 0 Å². The normalized spacial score (nSPS) is 26.0. The highest BCUT2D eigenvalue weighted by atomic mass is 16.5. The maximum absolute atomic E-state index is 13.3. The Morgan fingerprint density at radius 3 is 2.75 bits per heavy atom. The van der Waals surface area contributed by atoms with Crippen LogP contribution in [0, 0.1) is 11.8 Å². The Labute approximate surface area is 211 Å². The van der Waals surface area contributed by atoms with Gasteiger partial charge in [0.25, 0.3) is 5.91 Å². The van der Waals surface area contributed by atoms with E-state index in [0.717, 1.165) is 29.9 Å². The highest BCUT2D eigenvalue weighted by Crippen LogP contribution is 2.55. The molecule has 1 amide bonds. The van der Waals surface area contributed by atoms with Gasteiger partial charge in [-0.2, -0.15) is 0 Å². The van der Waals surface area contributed by atoms with Crippen molar-refractivity contribution in [2.75, 3.05) is 26.3 Å². The predicted octanol–water partition coefficient (Wildman–Crippen LogP) is 4.33. The molecule has 0 saturated carbocycles. The average Bonchev–Trinajstić information content (AvgIpc) is 2.86. The number of amides is 1. The third kappa shape index (κ3) is 4.62. The molecule has 1 N–H and O–H groups in total. The summed E-state index contributed by atoms with van der Waals surface area (Å²) in [7, 11) is 0. The first-order chi connectivity index (χ1) is 17.3. The van der Waals surface area contributed by atoms with Gasteiger partial charge >= 0.3 is 5.97 Å². The molecule has 3 aliphatic heterocycles. The molecule has 8 heteroatoms. The lowest BCUT2D eigenvalue weighted by Crippen LogP contribution is -2.56. The van der Waals surface area contributed by atoms with E-state index >= 15 is 0 Å². The minimum Gasteiger partial charge on any atom is -0.490 e. The van der Waals surface area contributed by atoms with E-state index in [1.165, 1.54) is 0 Å². The van der Waals surface area contributed by atoms with Crippen LogP contribution in [-0.2, 0) is 9.53 Å². The van der Waals surface area contributed by atoms with Gasteiger partial charge in [0.05, 0.1) is 18.8 Å². The zero-order valence-corrected chi connectivity index (χ0v) is 20.9. The molecule has 4 atom stereocenters. The third-order valence-corrected chi connectivity index (χ3v) is 7.51. The standard InChI is InChI=1S/C28H33NO7/c1-4-33-23-10-6-9-20-25-21(28(2,3)36-26(20)23)14-18-15-29(12-11-22(18)35-25)27(32)17-7-5-8-19(13-17)34-16-24(30)31/h5-10,13,18,21-22,25H,4,11-12,14-16H2,1-3H3,(H,30,31)/t18-,21-,22-,25+/m1/s1. The number of aliphatic carboxylic acids is 1. The number of para-hydroxylation sites is 1. The van der Waals surface area contributed by atoms with Gasteiger partial charge in [0.1, 0.15) is 11.4 Å². The van der Waals surface area contributed by atoms with Crippen molar-refractivity contribution >= 4 is 11.9 Å². The van der Waals surface area contributed by atoms with E-state index in [9.17, 15) is 9.59 Å². The van der Waals surface area contributed by atoms with Crippen molar-refractivity contribution in [3.05, 3.63) is 53.6 Å². The fourth-order valence-corrected chi connectivity index (χ4v) is 5.79. The largest absolute Gasteiger partial charge is 0.490 e. The summed E-state index contributed by atoms with van der Waals surface area (Å²) in [5, 5.41) is 8.85. The number of likely N-dealkylation sites (tertiary alicyclic amines) is 1. The van der Waals surface area contributed by atoms with E-state index in [1.54, 1.807) is 24.3 Å². The Hall–Kier alpha value is -3.26. The third-order valence-electron chi connectivity index (χ3n) is 7.51. The highest BCUT2D eigenvalue weighted by molar-refractivity contribution is 5.94. The number of nitrogens with zero attached hydrogens (tertiary/aromatic N) is 1. The number of carbonyl (C=O) groups is 2. The summed E-state index contributed by atoms with van der Waals surface area (Å²) in [6.45, 7) is 7.50. The van der Waals surface area contributed by atoms with Crippen LogP contribution in [0.2, 0.25) is 0 Å². The number of carboxylic acid groups (broad SMARTS) is 1. The van der Waals surface area contributed by atoms with E-state index in [2.05, 4.69) is 19.9 Å². The molecule has 3 aliphatic rings. The second-order valence-electron chi connectivity index (χ2n) is 10.3. The Balaban J connectivity index is 1.32. The van der Waals surface area contributed by atoms with Gasteiger partial charge in [-0.25, -0.2) is 4.79 Å². The van der Waals surface area contributed by atoms with Crippen molar-refractivity contribution in [3.8, 4) is 17.2 Å². The van der Waals surface area contributed by atoms with Crippen molar-refractivity contribution in [3.63, 3.8) is 0 Å². The Bertz CT molecular complexity index is 1150. The van der Waals surface area contributed by atoms with Gasteiger partial charge in [0.15, 0.2) is 18.1 Å². The molecule has 0 radical (unpaired) electrons. The van der Waals surface area contributed by atoms with Crippen LogP contribution in [0.4, 0.5) is 0 Å². The number of benzene rings is 2. The van der Waals surface area contributed by atoms with Crippen molar-refractivity contribution < 1.29 is 33.6 Å². The number of fused-ring (bicyclic) bond motifs is 4. The number of piperidine rings is 1. The van der Waals surface area contributed by atoms with Crippen LogP contribution in [0.3, 0.4) is 0 Å². The first-order valence-electron chi connectivity index (χ1n) is 12.6. The fourth-order valence-electron chi connectivity index (χ4n) is 5.79. The molecule has 0 aromatic heterocycles. The molecule has 0 bridgehead atoms.